The van der Waals surface area contributed by atoms with Crippen molar-refractivity contribution >= 4 is 0 Å². The smallest absolute Gasteiger partial charge is 0.374 e. The van der Waals surface area contributed by atoms with Gasteiger partial charge in [-0.25, -0.2) is 0 Å². The Balaban J connectivity index is 3.56. The van der Waals surface area contributed by atoms with E-state index >= 15 is 0 Å². The molecule has 1 nitrogen and oxygen atoms in total. The Hall–Kier alpha value is -1.87. The molecule has 0 aliphatic carbocycles. The highest BCUT2D eigenvalue weighted by atomic mass is 19.4. The van der Waals surface area contributed by atoms with Crippen LogP contribution in [0.3, 0.4) is 0 Å². The normalized spacial score (nSPS) is 16.9. The van der Waals surface area contributed by atoms with E-state index in [1.807, 2.05) is 0 Å². The fourth-order valence-electron chi connectivity index (χ4n) is 2.92. The number of methoxy groups -OCH3 is 1. The van der Waals surface area contributed by atoms with Crippen molar-refractivity contribution in [1.29, 1.82) is 0 Å². The maximum absolute atomic E-state index is 14.4. The standard InChI is InChI=1S/C19H17F15O/c1-4-10-5-7-11(8-6-10)12(2,35-3)9-13(20,21)14(22,23)15(24,25)16(26,27)17(28,29)18(30,31)19(32,33)34/h5-8H,4,9H2,1-3H3. The summed E-state index contributed by atoms with van der Waals surface area (Å²) in [6, 6.07) is 4.57. The van der Waals surface area contributed by atoms with Crippen LogP contribution in [0.2, 0.25) is 0 Å². The molecule has 0 spiro atoms. The molecule has 0 aliphatic heterocycles. The van der Waals surface area contributed by atoms with Crippen molar-refractivity contribution in [3.05, 3.63) is 35.4 Å². The van der Waals surface area contributed by atoms with Gasteiger partial charge in [0.15, 0.2) is 0 Å². The van der Waals surface area contributed by atoms with Crippen molar-refractivity contribution in [1.82, 2.24) is 0 Å². The quantitative estimate of drug-likeness (QED) is 0.272. The fraction of sp³-hybridized carbons (Fsp3) is 0.684. The first-order chi connectivity index (χ1) is 15.3. The monoisotopic (exact) mass is 546 g/mol. The molecule has 16 heteroatoms. The first-order valence-corrected chi connectivity index (χ1v) is 9.29. The second-order valence-electron chi connectivity index (χ2n) is 7.74. The fourth-order valence-corrected chi connectivity index (χ4v) is 2.92. The molecule has 0 saturated carbocycles. The molecule has 0 radical (unpaired) electrons. The number of aryl methyl sites for hydroxylation is 1. The van der Waals surface area contributed by atoms with E-state index in [4.69, 9.17) is 0 Å². The lowest BCUT2D eigenvalue weighted by molar-refractivity contribution is -0.453. The molecule has 0 fully saturated rings. The molecule has 1 aromatic rings. The predicted octanol–water partition coefficient (Wildman–Crippen LogP) is 7.87. The molecular formula is C19H17F15O. The van der Waals surface area contributed by atoms with E-state index in [0.29, 0.717) is 26.0 Å². The van der Waals surface area contributed by atoms with Gasteiger partial charge in [-0.3, -0.25) is 0 Å². The first-order valence-electron chi connectivity index (χ1n) is 9.29. The van der Waals surface area contributed by atoms with Gasteiger partial charge in [0.05, 0.1) is 12.0 Å². The molecule has 0 aliphatic rings. The number of hydrogen-bond acceptors (Lipinski definition) is 1. The molecule has 0 heterocycles. The highest BCUT2D eigenvalue weighted by Gasteiger charge is 2.93. The zero-order valence-corrected chi connectivity index (χ0v) is 17.8. The Kier molecular flexibility index (Phi) is 7.93. The Bertz CT molecular complexity index is 873. The molecule has 0 amide bonds. The molecular weight excluding hydrogens is 529 g/mol. The molecule has 0 N–H and O–H groups in total. The van der Waals surface area contributed by atoms with Crippen LogP contribution >= 0.6 is 0 Å². The number of halogens is 15. The summed E-state index contributed by atoms with van der Waals surface area (Å²) in [7, 11) is 0.618. The van der Waals surface area contributed by atoms with E-state index in [0.717, 1.165) is 12.1 Å². The minimum absolute atomic E-state index is 0.392. The molecule has 0 bridgehead atoms. The van der Waals surface area contributed by atoms with E-state index in [1.165, 1.54) is 12.1 Å². The van der Waals surface area contributed by atoms with Crippen LogP contribution < -0.4 is 0 Å². The van der Waals surface area contributed by atoms with E-state index in [2.05, 4.69) is 4.74 Å². The third-order valence-corrected chi connectivity index (χ3v) is 5.38. The van der Waals surface area contributed by atoms with Crippen molar-refractivity contribution in [3.8, 4) is 0 Å². The Morgan fingerprint density at radius 3 is 1.31 bits per heavy atom. The van der Waals surface area contributed by atoms with Gasteiger partial charge in [-0.1, -0.05) is 31.2 Å². The van der Waals surface area contributed by atoms with E-state index in [1.54, 1.807) is 6.92 Å². The van der Waals surface area contributed by atoms with Gasteiger partial charge in [0.1, 0.15) is 0 Å². The van der Waals surface area contributed by atoms with E-state index < -0.39 is 59.3 Å². The average Bonchev–Trinajstić information content (AvgIpc) is 2.71. The Morgan fingerprint density at radius 1 is 0.600 bits per heavy atom. The number of rotatable bonds is 10. The van der Waals surface area contributed by atoms with Crippen molar-refractivity contribution in [2.24, 2.45) is 0 Å². The summed E-state index contributed by atoms with van der Waals surface area (Å²) in [5.41, 5.74) is -2.48. The SMILES string of the molecule is CCc1ccc(C(C)(CC(F)(F)C(F)(F)C(F)(F)C(F)(F)C(F)(F)C(F)(F)C(F)(F)F)OC)cc1. The summed E-state index contributed by atoms with van der Waals surface area (Å²) < 4.78 is 205. The van der Waals surface area contributed by atoms with Gasteiger partial charge in [0.25, 0.3) is 0 Å². The number of alkyl halides is 15. The van der Waals surface area contributed by atoms with Crippen LogP contribution in [0.15, 0.2) is 24.3 Å². The van der Waals surface area contributed by atoms with Crippen LogP contribution in [0, 0.1) is 0 Å². The topological polar surface area (TPSA) is 9.23 Å². The van der Waals surface area contributed by atoms with E-state index in [9.17, 15) is 65.9 Å². The average molecular weight is 546 g/mol. The minimum atomic E-state index is -8.31. The van der Waals surface area contributed by atoms with Crippen molar-refractivity contribution < 1.29 is 70.6 Å². The van der Waals surface area contributed by atoms with Gasteiger partial charge in [0, 0.05) is 7.11 Å². The van der Waals surface area contributed by atoms with Crippen molar-refractivity contribution in [2.75, 3.05) is 7.11 Å². The van der Waals surface area contributed by atoms with Gasteiger partial charge in [-0.2, -0.15) is 65.9 Å². The van der Waals surface area contributed by atoms with E-state index in [-0.39, 0.29) is 0 Å². The summed E-state index contributed by atoms with van der Waals surface area (Å²) >= 11 is 0. The maximum atomic E-state index is 14.4. The minimum Gasteiger partial charge on any atom is -0.374 e. The maximum Gasteiger partial charge on any atom is 0.460 e. The summed E-state index contributed by atoms with van der Waals surface area (Å²) in [5.74, 6) is -46.7. The predicted molar refractivity (Wildman–Crippen MR) is 90.5 cm³/mol. The molecule has 35 heavy (non-hydrogen) atoms. The zero-order valence-electron chi connectivity index (χ0n) is 17.8. The number of benzene rings is 1. The van der Waals surface area contributed by atoms with Crippen LogP contribution in [0.1, 0.15) is 31.4 Å². The largest absolute Gasteiger partial charge is 0.460 e. The second-order valence-corrected chi connectivity index (χ2v) is 7.74. The number of ether oxygens (including phenoxy) is 1. The molecule has 1 unspecified atom stereocenters. The molecule has 1 aromatic carbocycles. The van der Waals surface area contributed by atoms with Crippen LogP contribution in [0.4, 0.5) is 65.9 Å². The van der Waals surface area contributed by atoms with Crippen LogP contribution in [-0.4, -0.2) is 48.8 Å². The zero-order chi connectivity index (χ0) is 28.1. The lowest BCUT2D eigenvalue weighted by atomic mass is 9.83. The van der Waals surface area contributed by atoms with Gasteiger partial charge >= 0.3 is 41.7 Å². The summed E-state index contributed by atoms with van der Waals surface area (Å²) in [6.07, 6.45) is -9.83. The lowest BCUT2D eigenvalue weighted by Crippen LogP contribution is -2.72. The van der Waals surface area contributed by atoms with Crippen LogP contribution in [-0.2, 0) is 16.8 Å². The lowest BCUT2D eigenvalue weighted by Gasteiger charge is -2.43. The molecule has 204 valence electrons. The first kappa shape index (κ1) is 31.2. The number of hydrogen-bond donors (Lipinski definition) is 0. The molecule has 0 aromatic heterocycles. The van der Waals surface area contributed by atoms with Crippen LogP contribution in [0.25, 0.3) is 0 Å². The highest BCUT2D eigenvalue weighted by Crippen LogP contribution is 2.63. The second kappa shape index (κ2) is 8.91. The van der Waals surface area contributed by atoms with Gasteiger partial charge in [-0.05, 0) is 24.5 Å². The Labute approximate surface area is 188 Å². The molecule has 1 rings (SSSR count). The molecule has 1 atom stereocenters. The van der Waals surface area contributed by atoms with Gasteiger partial charge in [-0.15, -0.1) is 0 Å². The third-order valence-electron chi connectivity index (χ3n) is 5.38. The van der Waals surface area contributed by atoms with Gasteiger partial charge < -0.3 is 4.74 Å². The van der Waals surface area contributed by atoms with Gasteiger partial charge in [0.2, 0.25) is 0 Å². The van der Waals surface area contributed by atoms with Crippen molar-refractivity contribution in [3.63, 3.8) is 0 Å². The summed E-state index contributed by atoms with van der Waals surface area (Å²) in [4.78, 5) is 0. The Morgan fingerprint density at radius 2 is 0.971 bits per heavy atom. The molecule has 0 saturated heterocycles. The third kappa shape index (κ3) is 4.66. The summed E-state index contributed by atoms with van der Waals surface area (Å²) in [5, 5.41) is 0. The summed E-state index contributed by atoms with van der Waals surface area (Å²) in [6.45, 7) is 2.26. The van der Waals surface area contributed by atoms with Crippen LogP contribution in [0.5, 0.6) is 0 Å². The van der Waals surface area contributed by atoms with Crippen molar-refractivity contribution in [2.45, 2.75) is 74.0 Å². The highest BCUT2D eigenvalue weighted by molar-refractivity contribution is 5.28.